The Bertz CT molecular complexity index is 1370. The van der Waals surface area contributed by atoms with Crippen LogP contribution in [0.2, 0.25) is 0 Å². The Kier molecular flexibility index (Phi) is 6.36. The minimum Gasteiger partial charge on any atom is -0.489 e. The van der Waals surface area contributed by atoms with Crippen molar-refractivity contribution in [2.45, 2.75) is 25.9 Å². The fourth-order valence-corrected chi connectivity index (χ4v) is 3.51. The van der Waals surface area contributed by atoms with Crippen LogP contribution < -0.4 is 4.74 Å². The van der Waals surface area contributed by atoms with Crippen molar-refractivity contribution >= 4 is 11.6 Å². The lowest BCUT2D eigenvalue weighted by molar-refractivity contribution is -0.137. The van der Waals surface area contributed by atoms with Crippen LogP contribution in [0.25, 0.3) is 16.9 Å². The van der Waals surface area contributed by atoms with Crippen LogP contribution in [-0.4, -0.2) is 20.5 Å². The molecule has 0 saturated heterocycles. The number of rotatable bonds is 7. The molecule has 1 unspecified atom stereocenters. The third-order valence-corrected chi connectivity index (χ3v) is 5.10. The van der Waals surface area contributed by atoms with Gasteiger partial charge in [0, 0.05) is 29.6 Å². The number of fused-ring (bicyclic) bond motifs is 1. The maximum absolute atomic E-state index is 14.1. The fourth-order valence-electron chi connectivity index (χ4n) is 3.51. The van der Waals surface area contributed by atoms with Crippen LogP contribution in [0.4, 0.5) is 8.78 Å². The van der Waals surface area contributed by atoms with E-state index in [0.29, 0.717) is 23.7 Å². The number of hydrogen-bond acceptors (Lipinski definition) is 3. The molecule has 2 aromatic heterocycles. The average molecular weight is 446 g/mol. The molecule has 0 aliphatic rings. The Hall–Kier alpha value is -4.18. The summed E-state index contributed by atoms with van der Waals surface area (Å²) in [6.45, 7) is 1.98. The first-order chi connectivity index (χ1) is 15.9. The quantitative estimate of drug-likeness (QED) is 0.384. The van der Waals surface area contributed by atoms with Crippen LogP contribution in [0.3, 0.4) is 0 Å². The number of nitrogens with zero attached hydrogens (tertiary/aromatic N) is 2. The first-order valence-corrected chi connectivity index (χ1v) is 10.2. The summed E-state index contributed by atoms with van der Waals surface area (Å²) in [5, 5.41) is 9.07. The third-order valence-electron chi connectivity index (χ3n) is 5.10. The zero-order chi connectivity index (χ0) is 23.4. The van der Waals surface area contributed by atoms with E-state index in [1.807, 2.05) is 24.4 Å². The number of ether oxygens (including phenoxy) is 1. The van der Waals surface area contributed by atoms with E-state index < -0.39 is 17.6 Å². The molecule has 4 aromatic rings. The summed E-state index contributed by atoms with van der Waals surface area (Å²) in [6, 6.07) is 14.3. The summed E-state index contributed by atoms with van der Waals surface area (Å²) in [5.41, 5.74) is 2.96. The molecule has 5 nitrogen and oxygen atoms in total. The third kappa shape index (κ3) is 5.18. The topological polar surface area (TPSA) is 63.8 Å². The summed E-state index contributed by atoms with van der Waals surface area (Å²) >= 11 is 0. The molecule has 2 heterocycles. The number of carboxylic acids is 1. The zero-order valence-electron chi connectivity index (χ0n) is 17.8. The molecule has 0 saturated carbocycles. The number of imidazole rings is 1. The molecule has 1 N–H and O–H groups in total. The molecule has 0 bridgehead atoms. The number of hydrogen-bond donors (Lipinski definition) is 1. The molecule has 0 fully saturated rings. The van der Waals surface area contributed by atoms with Crippen molar-refractivity contribution in [1.29, 1.82) is 0 Å². The second-order valence-corrected chi connectivity index (χ2v) is 7.46. The molecular weight excluding hydrogens is 426 g/mol. The zero-order valence-corrected chi connectivity index (χ0v) is 17.8. The van der Waals surface area contributed by atoms with Gasteiger partial charge in [-0.3, -0.25) is 4.79 Å². The minimum atomic E-state index is -0.900. The highest BCUT2D eigenvalue weighted by Crippen LogP contribution is 2.25. The Labute approximate surface area is 189 Å². The molecule has 33 heavy (non-hydrogen) atoms. The molecule has 166 valence electrons. The van der Waals surface area contributed by atoms with Gasteiger partial charge in [-0.2, -0.15) is 0 Å². The normalized spacial score (nSPS) is 11.6. The van der Waals surface area contributed by atoms with Gasteiger partial charge in [-0.25, -0.2) is 13.8 Å². The first-order valence-electron chi connectivity index (χ1n) is 10.2. The second kappa shape index (κ2) is 9.53. The van der Waals surface area contributed by atoms with Crippen LogP contribution >= 0.6 is 0 Å². The number of halogens is 2. The van der Waals surface area contributed by atoms with Gasteiger partial charge in [0.1, 0.15) is 29.6 Å². The number of carbonyl (C=O) groups is 1. The van der Waals surface area contributed by atoms with Crippen molar-refractivity contribution in [1.82, 2.24) is 9.38 Å². The van der Waals surface area contributed by atoms with Gasteiger partial charge < -0.3 is 14.2 Å². The average Bonchev–Trinajstić information content (AvgIpc) is 3.20. The molecule has 0 aliphatic carbocycles. The van der Waals surface area contributed by atoms with Crippen molar-refractivity contribution in [2.75, 3.05) is 0 Å². The first kappa shape index (κ1) is 22.0. The summed E-state index contributed by atoms with van der Waals surface area (Å²) < 4.78 is 34.9. The van der Waals surface area contributed by atoms with Gasteiger partial charge in [-0.05, 0) is 42.8 Å². The minimum absolute atomic E-state index is 0.0597. The summed E-state index contributed by atoms with van der Waals surface area (Å²) in [5.74, 6) is 3.76. The van der Waals surface area contributed by atoms with E-state index >= 15 is 0 Å². The Morgan fingerprint density at radius 1 is 1.12 bits per heavy atom. The molecule has 1 atom stereocenters. The van der Waals surface area contributed by atoms with Gasteiger partial charge in [-0.1, -0.05) is 24.1 Å². The molecule has 7 heteroatoms. The van der Waals surface area contributed by atoms with E-state index in [0.717, 1.165) is 17.2 Å². The fraction of sp³-hybridized carbons (Fsp3) is 0.154. The number of pyridine rings is 1. The maximum atomic E-state index is 14.1. The second-order valence-electron chi connectivity index (χ2n) is 7.46. The standard InChI is InChI=1S/C26H20F2N2O3/c1-2-3-19(12-26(31)32)18-5-8-21(9-6-18)33-16-17-4-11-25-29-24(15-30(25)14-17)22-10-7-20(27)13-23(22)28/h4-11,13-15,19H,12,16H2,1H3,(H,31,32). The lowest BCUT2D eigenvalue weighted by Crippen LogP contribution is -2.04. The predicted molar refractivity (Wildman–Crippen MR) is 120 cm³/mol. The van der Waals surface area contributed by atoms with Crippen LogP contribution in [-0.2, 0) is 11.4 Å². The van der Waals surface area contributed by atoms with Gasteiger partial charge in [0.25, 0.3) is 0 Å². The van der Waals surface area contributed by atoms with E-state index in [4.69, 9.17) is 9.84 Å². The van der Waals surface area contributed by atoms with Crippen molar-refractivity contribution < 1.29 is 23.4 Å². The highest BCUT2D eigenvalue weighted by molar-refractivity contribution is 5.69. The molecule has 4 rings (SSSR count). The summed E-state index contributed by atoms with van der Waals surface area (Å²) in [7, 11) is 0. The SMILES string of the molecule is CC#CC(CC(=O)O)c1ccc(OCc2ccc3nc(-c4ccc(F)cc4F)cn3c2)cc1. The van der Waals surface area contributed by atoms with Crippen LogP contribution in [0.15, 0.2) is 67.0 Å². The number of aliphatic carboxylic acids is 1. The number of benzene rings is 2. The Morgan fingerprint density at radius 2 is 1.91 bits per heavy atom. The van der Waals surface area contributed by atoms with Crippen molar-refractivity contribution in [2.24, 2.45) is 0 Å². The van der Waals surface area contributed by atoms with E-state index in [9.17, 15) is 13.6 Å². The lowest BCUT2D eigenvalue weighted by Gasteiger charge is -2.11. The lowest BCUT2D eigenvalue weighted by atomic mass is 9.96. The van der Waals surface area contributed by atoms with Gasteiger partial charge in [-0.15, -0.1) is 5.92 Å². The van der Waals surface area contributed by atoms with Crippen molar-refractivity contribution in [3.8, 4) is 28.8 Å². The van der Waals surface area contributed by atoms with Gasteiger partial charge >= 0.3 is 5.97 Å². The maximum Gasteiger partial charge on any atom is 0.304 e. The summed E-state index contributed by atoms with van der Waals surface area (Å²) in [4.78, 5) is 15.5. The van der Waals surface area contributed by atoms with Crippen LogP contribution in [0, 0.1) is 23.5 Å². The summed E-state index contributed by atoms with van der Waals surface area (Å²) in [6.07, 6.45) is 3.46. The highest BCUT2D eigenvalue weighted by atomic mass is 19.1. The van der Waals surface area contributed by atoms with Crippen LogP contribution in [0.1, 0.15) is 30.4 Å². The largest absolute Gasteiger partial charge is 0.489 e. The Morgan fingerprint density at radius 3 is 2.61 bits per heavy atom. The number of aromatic nitrogens is 2. The van der Waals surface area contributed by atoms with Gasteiger partial charge in [0.05, 0.1) is 18.0 Å². The van der Waals surface area contributed by atoms with Crippen LogP contribution in [0.5, 0.6) is 5.75 Å². The Balaban J connectivity index is 1.47. The van der Waals surface area contributed by atoms with Gasteiger partial charge in [0.2, 0.25) is 0 Å². The van der Waals surface area contributed by atoms with E-state index in [1.54, 1.807) is 35.7 Å². The monoisotopic (exact) mass is 446 g/mol. The van der Waals surface area contributed by atoms with E-state index in [2.05, 4.69) is 16.8 Å². The van der Waals surface area contributed by atoms with Crippen molar-refractivity contribution in [3.05, 3.63) is 89.8 Å². The predicted octanol–water partition coefficient (Wildman–Crippen LogP) is 5.44. The molecule has 0 radical (unpaired) electrons. The molecule has 0 aliphatic heterocycles. The number of carboxylic acid groups (broad SMARTS) is 1. The highest BCUT2D eigenvalue weighted by Gasteiger charge is 2.13. The van der Waals surface area contributed by atoms with Crippen molar-refractivity contribution in [3.63, 3.8) is 0 Å². The molecule has 2 aromatic carbocycles. The molecular formula is C26H20F2N2O3. The van der Waals surface area contributed by atoms with Gasteiger partial charge in [0.15, 0.2) is 0 Å². The van der Waals surface area contributed by atoms with E-state index in [1.165, 1.54) is 12.1 Å². The van der Waals surface area contributed by atoms with E-state index in [-0.39, 0.29) is 17.9 Å². The smallest absolute Gasteiger partial charge is 0.304 e. The molecule has 0 amide bonds. The molecule has 0 spiro atoms.